The summed E-state index contributed by atoms with van der Waals surface area (Å²) in [5, 5.41) is 0. The predicted molar refractivity (Wildman–Crippen MR) is 75.6 cm³/mol. The summed E-state index contributed by atoms with van der Waals surface area (Å²) in [6.07, 6.45) is -4.22. The Bertz CT molecular complexity index is 674. The summed E-state index contributed by atoms with van der Waals surface area (Å²) >= 11 is 0. The van der Waals surface area contributed by atoms with Crippen molar-refractivity contribution in [1.29, 1.82) is 0 Å². The van der Waals surface area contributed by atoms with Gasteiger partial charge in [0.1, 0.15) is 12.2 Å². The lowest BCUT2D eigenvalue weighted by Crippen LogP contribution is -2.39. The Balaban J connectivity index is 2.38. The number of rotatable bonds is 6. The molecule has 0 amide bonds. The fraction of sp³-hybridized carbons (Fsp3) is 0.333. The summed E-state index contributed by atoms with van der Waals surface area (Å²) in [5.41, 5.74) is 6.86. The van der Waals surface area contributed by atoms with Crippen LogP contribution in [0.15, 0.2) is 41.1 Å². The first-order valence-electron chi connectivity index (χ1n) is 6.84. The van der Waals surface area contributed by atoms with E-state index in [1.165, 1.54) is 19.6 Å². The molecule has 1 heterocycles. The van der Waals surface area contributed by atoms with E-state index < -0.39 is 24.3 Å². The number of halogens is 3. The molecule has 2 atom stereocenters. The highest BCUT2D eigenvalue weighted by molar-refractivity contribution is 5.75. The Labute approximate surface area is 135 Å². The second kappa shape index (κ2) is 7.45. The number of hydrogen-bond acceptors (Lipinski definition) is 6. The molecular formula is C15H15F3N2O4. The first kappa shape index (κ1) is 18.0. The lowest BCUT2D eigenvalue weighted by molar-refractivity contribution is -0.205. The minimum atomic E-state index is -5.15. The van der Waals surface area contributed by atoms with Crippen molar-refractivity contribution in [2.75, 3.05) is 7.11 Å². The molecule has 0 saturated heterocycles. The predicted octanol–water partition coefficient (Wildman–Crippen LogP) is 2.34. The molecule has 0 fully saturated rings. The van der Waals surface area contributed by atoms with Gasteiger partial charge in [-0.3, -0.25) is 5.73 Å². The van der Waals surface area contributed by atoms with Crippen molar-refractivity contribution in [3.63, 3.8) is 0 Å². The highest BCUT2D eigenvalue weighted by Gasteiger charge is 2.43. The Hall–Kier alpha value is -2.39. The first-order valence-corrected chi connectivity index (χ1v) is 6.84. The van der Waals surface area contributed by atoms with Crippen LogP contribution in [0.25, 0.3) is 0 Å². The zero-order valence-electron chi connectivity index (χ0n) is 12.6. The van der Waals surface area contributed by atoms with Crippen LogP contribution >= 0.6 is 0 Å². The van der Waals surface area contributed by atoms with Gasteiger partial charge in [-0.25, -0.2) is 9.78 Å². The Morgan fingerprint density at radius 3 is 2.67 bits per heavy atom. The third-order valence-corrected chi connectivity index (χ3v) is 3.21. The molecule has 1 aromatic carbocycles. The normalized spacial score (nSPS) is 14.2. The number of ether oxygens (including phenoxy) is 2. The molecule has 2 aromatic rings. The van der Waals surface area contributed by atoms with Gasteiger partial charge in [0, 0.05) is 7.11 Å². The summed E-state index contributed by atoms with van der Waals surface area (Å²) in [4.78, 5) is 15.0. The lowest BCUT2D eigenvalue weighted by atomic mass is 9.92. The van der Waals surface area contributed by atoms with Gasteiger partial charge < -0.3 is 13.9 Å². The van der Waals surface area contributed by atoms with Crippen LogP contribution in [0.3, 0.4) is 0 Å². The van der Waals surface area contributed by atoms with Crippen LogP contribution in [-0.4, -0.2) is 30.5 Å². The third kappa shape index (κ3) is 4.12. The highest BCUT2D eigenvalue weighted by Crippen LogP contribution is 2.31. The Morgan fingerprint density at radius 1 is 1.38 bits per heavy atom. The van der Waals surface area contributed by atoms with Crippen LogP contribution < -0.4 is 5.73 Å². The van der Waals surface area contributed by atoms with E-state index in [1.54, 1.807) is 24.3 Å². The smallest absolute Gasteiger partial charge is 0.448 e. The summed E-state index contributed by atoms with van der Waals surface area (Å²) in [6, 6.07) is 6.75. The average Bonchev–Trinajstić information content (AvgIpc) is 3.02. The van der Waals surface area contributed by atoms with Gasteiger partial charge in [0.15, 0.2) is 6.23 Å². The van der Waals surface area contributed by atoms with Gasteiger partial charge in [-0.1, -0.05) is 24.3 Å². The molecule has 6 nitrogen and oxygen atoms in total. The number of nitrogens with zero attached hydrogens (tertiary/aromatic N) is 1. The summed E-state index contributed by atoms with van der Waals surface area (Å²) in [7, 11) is 1.47. The van der Waals surface area contributed by atoms with E-state index in [-0.39, 0.29) is 12.5 Å². The molecule has 0 aliphatic carbocycles. The second-order valence-corrected chi connectivity index (χ2v) is 4.85. The number of aromatic nitrogens is 1. The van der Waals surface area contributed by atoms with E-state index in [1.807, 2.05) is 0 Å². The molecule has 2 N–H and O–H groups in total. The minimum absolute atomic E-state index is 0.0287. The van der Waals surface area contributed by atoms with Crippen molar-refractivity contribution in [2.24, 2.45) is 5.73 Å². The molecule has 0 radical (unpaired) electrons. The zero-order valence-corrected chi connectivity index (χ0v) is 12.6. The number of hydrogen-bond donors (Lipinski definition) is 1. The van der Waals surface area contributed by atoms with Crippen LogP contribution in [0.4, 0.5) is 13.2 Å². The number of benzene rings is 1. The van der Waals surface area contributed by atoms with E-state index in [0.29, 0.717) is 11.1 Å². The molecule has 0 saturated carbocycles. The quantitative estimate of drug-likeness (QED) is 0.639. The number of methoxy groups -OCH3 is 1. The molecular weight excluding hydrogens is 329 g/mol. The van der Waals surface area contributed by atoms with Crippen LogP contribution in [0.2, 0.25) is 0 Å². The molecule has 0 spiro atoms. The minimum Gasteiger partial charge on any atom is -0.448 e. The molecule has 24 heavy (non-hydrogen) atoms. The van der Waals surface area contributed by atoms with Crippen molar-refractivity contribution < 1.29 is 31.9 Å². The van der Waals surface area contributed by atoms with E-state index in [9.17, 15) is 18.0 Å². The third-order valence-electron chi connectivity index (χ3n) is 3.21. The zero-order chi connectivity index (χ0) is 17.7. The lowest BCUT2D eigenvalue weighted by Gasteiger charge is -2.24. The van der Waals surface area contributed by atoms with Crippen molar-refractivity contribution in [3.05, 3.63) is 53.7 Å². The van der Waals surface area contributed by atoms with Crippen molar-refractivity contribution >= 4 is 5.97 Å². The van der Waals surface area contributed by atoms with E-state index in [4.69, 9.17) is 14.9 Å². The molecule has 0 aliphatic rings. The highest BCUT2D eigenvalue weighted by atomic mass is 19.4. The van der Waals surface area contributed by atoms with Crippen LogP contribution in [0, 0.1) is 0 Å². The van der Waals surface area contributed by atoms with Gasteiger partial charge in [-0.2, -0.15) is 13.2 Å². The maximum absolute atomic E-state index is 12.4. The number of esters is 1. The van der Waals surface area contributed by atoms with E-state index in [2.05, 4.69) is 9.72 Å². The summed E-state index contributed by atoms with van der Waals surface area (Å²) in [6.45, 7) is 0.188. The number of carbonyl (C=O) groups excluding carboxylic acids is 1. The molecule has 9 heteroatoms. The maximum atomic E-state index is 12.4. The van der Waals surface area contributed by atoms with Gasteiger partial charge in [0.05, 0.1) is 12.8 Å². The molecule has 2 unspecified atom stereocenters. The van der Waals surface area contributed by atoms with Crippen molar-refractivity contribution in [2.45, 2.75) is 24.9 Å². The van der Waals surface area contributed by atoms with Crippen molar-refractivity contribution in [3.8, 4) is 0 Å². The van der Waals surface area contributed by atoms with E-state index in [0.717, 1.165) is 0 Å². The SMILES string of the molecule is COCc1ccccc1C(c1ncco1)C(N)OC(=O)C(F)(F)F. The van der Waals surface area contributed by atoms with Crippen LogP contribution in [0.1, 0.15) is 22.9 Å². The van der Waals surface area contributed by atoms with Gasteiger partial charge in [-0.15, -0.1) is 0 Å². The second-order valence-electron chi connectivity index (χ2n) is 4.85. The molecule has 130 valence electrons. The molecule has 0 bridgehead atoms. The molecule has 0 aliphatic heterocycles. The van der Waals surface area contributed by atoms with Gasteiger partial charge in [0.25, 0.3) is 0 Å². The van der Waals surface area contributed by atoms with Gasteiger partial charge in [0.2, 0.25) is 5.89 Å². The average molecular weight is 344 g/mol. The number of carbonyl (C=O) groups is 1. The monoisotopic (exact) mass is 344 g/mol. The molecule has 1 aromatic heterocycles. The van der Waals surface area contributed by atoms with Crippen LogP contribution in [-0.2, 0) is 20.9 Å². The number of oxazole rings is 1. The van der Waals surface area contributed by atoms with Crippen LogP contribution in [0.5, 0.6) is 0 Å². The first-order chi connectivity index (χ1) is 11.3. The number of nitrogens with two attached hydrogens (primary N) is 1. The summed E-state index contributed by atoms with van der Waals surface area (Å²) in [5.74, 6) is -3.37. The van der Waals surface area contributed by atoms with Gasteiger partial charge >= 0.3 is 12.1 Å². The van der Waals surface area contributed by atoms with Crippen molar-refractivity contribution in [1.82, 2.24) is 4.98 Å². The Kier molecular flexibility index (Phi) is 5.58. The maximum Gasteiger partial charge on any atom is 0.490 e. The fourth-order valence-corrected chi connectivity index (χ4v) is 2.22. The summed E-state index contributed by atoms with van der Waals surface area (Å²) < 4.78 is 51.9. The molecule has 2 rings (SSSR count). The number of alkyl halides is 3. The fourth-order valence-electron chi connectivity index (χ4n) is 2.22. The Morgan fingerprint density at radius 2 is 2.08 bits per heavy atom. The van der Waals surface area contributed by atoms with E-state index >= 15 is 0 Å². The standard InChI is InChI=1S/C15H15F3N2O4/c1-22-8-9-4-2-3-5-10(9)11(13-20-6-7-23-13)12(19)24-14(21)15(16,17)18/h2-7,11-12H,8,19H2,1H3. The van der Waals surface area contributed by atoms with Gasteiger partial charge in [-0.05, 0) is 11.1 Å². The topological polar surface area (TPSA) is 87.6 Å². The largest absolute Gasteiger partial charge is 0.490 e.